The average molecular weight is 149 g/mol. The first kappa shape index (κ1) is 7.02. The SMILES string of the molecule is CCS(=O)(=O)C[C@@H]1CN1. The molecule has 0 radical (unpaired) electrons. The Balaban J connectivity index is 2.40. The van der Waals surface area contributed by atoms with E-state index in [0.29, 0.717) is 5.75 Å². The maximum Gasteiger partial charge on any atom is 0.151 e. The predicted molar refractivity (Wildman–Crippen MR) is 36.1 cm³/mol. The molecule has 0 spiro atoms. The summed E-state index contributed by atoms with van der Waals surface area (Å²) in [6, 6.07) is 0.259. The monoisotopic (exact) mass is 149 g/mol. The molecule has 54 valence electrons. The smallest absolute Gasteiger partial charge is 0.151 e. The number of sulfone groups is 1. The van der Waals surface area contributed by atoms with Crippen LogP contribution in [0.4, 0.5) is 0 Å². The predicted octanol–water partition coefficient (Wildman–Crippen LogP) is -0.607. The van der Waals surface area contributed by atoms with E-state index in [0.717, 1.165) is 6.54 Å². The zero-order valence-corrected chi connectivity index (χ0v) is 6.24. The van der Waals surface area contributed by atoms with Crippen molar-refractivity contribution < 1.29 is 8.42 Å². The van der Waals surface area contributed by atoms with Crippen molar-refractivity contribution in [2.75, 3.05) is 18.1 Å². The van der Waals surface area contributed by atoms with Gasteiger partial charge in [0, 0.05) is 18.3 Å². The van der Waals surface area contributed by atoms with Crippen molar-refractivity contribution in [3.05, 3.63) is 0 Å². The topological polar surface area (TPSA) is 56.1 Å². The first-order chi connectivity index (χ1) is 4.14. The fourth-order valence-corrected chi connectivity index (χ4v) is 1.71. The van der Waals surface area contributed by atoms with Gasteiger partial charge in [-0.1, -0.05) is 6.92 Å². The zero-order valence-electron chi connectivity index (χ0n) is 5.42. The summed E-state index contributed by atoms with van der Waals surface area (Å²) in [5.41, 5.74) is 0. The van der Waals surface area contributed by atoms with E-state index in [4.69, 9.17) is 0 Å². The van der Waals surface area contributed by atoms with Crippen molar-refractivity contribution in [2.45, 2.75) is 13.0 Å². The van der Waals surface area contributed by atoms with E-state index in [-0.39, 0.29) is 11.8 Å². The highest BCUT2D eigenvalue weighted by Gasteiger charge is 2.25. The number of nitrogens with one attached hydrogen (secondary N) is 1. The van der Waals surface area contributed by atoms with E-state index in [1.807, 2.05) is 0 Å². The van der Waals surface area contributed by atoms with Gasteiger partial charge in [-0.2, -0.15) is 0 Å². The largest absolute Gasteiger partial charge is 0.310 e. The molecule has 1 N–H and O–H groups in total. The standard InChI is InChI=1S/C5H11NO2S/c1-2-9(7,8)4-5-3-6-5/h5-6H,2-4H2,1H3/t5-/m0/s1. The van der Waals surface area contributed by atoms with Crippen LogP contribution in [0, 0.1) is 0 Å². The molecule has 1 fully saturated rings. The third kappa shape index (κ3) is 2.32. The van der Waals surface area contributed by atoms with Crippen molar-refractivity contribution in [1.29, 1.82) is 0 Å². The fraction of sp³-hybridized carbons (Fsp3) is 1.00. The van der Waals surface area contributed by atoms with Crippen LogP contribution >= 0.6 is 0 Å². The van der Waals surface area contributed by atoms with Crippen LogP contribution in [0.2, 0.25) is 0 Å². The van der Waals surface area contributed by atoms with E-state index in [1.165, 1.54) is 0 Å². The normalized spacial score (nSPS) is 26.1. The van der Waals surface area contributed by atoms with Crippen molar-refractivity contribution in [3.63, 3.8) is 0 Å². The summed E-state index contributed by atoms with van der Waals surface area (Å²) in [6.07, 6.45) is 0. The summed E-state index contributed by atoms with van der Waals surface area (Å²) in [5, 5.41) is 2.95. The van der Waals surface area contributed by atoms with E-state index < -0.39 is 9.84 Å². The molecule has 0 aromatic carbocycles. The minimum atomic E-state index is -2.72. The van der Waals surface area contributed by atoms with Gasteiger partial charge in [0.1, 0.15) is 0 Å². The van der Waals surface area contributed by atoms with Gasteiger partial charge in [0.2, 0.25) is 0 Å². The van der Waals surface area contributed by atoms with E-state index in [2.05, 4.69) is 5.32 Å². The molecule has 0 saturated carbocycles. The van der Waals surface area contributed by atoms with Crippen molar-refractivity contribution in [1.82, 2.24) is 5.32 Å². The van der Waals surface area contributed by atoms with Crippen molar-refractivity contribution in [2.24, 2.45) is 0 Å². The number of hydrogen-bond acceptors (Lipinski definition) is 3. The molecule has 1 heterocycles. The molecule has 0 bridgehead atoms. The third-order valence-corrected chi connectivity index (χ3v) is 3.18. The molecule has 9 heavy (non-hydrogen) atoms. The molecule has 0 unspecified atom stereocenters. The molecular formula is C5H11NO2S. The molecule has 1 atom stereocenters. The van der Waals surface area contributed by atoms with E-state index >= 15 is 0 Å². The molecule has 0 aliphatic carbocycles. The molecule has 4 heteroatoms. The van der Waals surface area contributed by atoms with Gasteiger partial charge in [0.25, 0.3) is 0 Å². The van der Waals surface area contributed by atoms with Gasteiger partial charge in [0.05, 0.1) is 5.75 Å². The Morgan fingerprint density at radius 2 is 2.22 bits per heavy atom. The number of rotatable bonds is 3. The molecule has 0 aromatic rings. The minimum absolute atomic E-state index is 0.259. The molecule has 0 aromatic heterocycles. The summed E-state index contributed by atoms with van der Waals surface area (Å²) >= 11 is 0. The van der Waals surface area contributed by atoms with Gasteiger partial charge in [-0.25, -0.2) is 8.42 Å². The second-order valence-electron chi connectivity index (χ2n) is 2.30. The lowest BCUT2D eigenvalue weighted by atomic mass is 10.6. The highest BCUT2D eigenvalue weighted by molar-refractivity contribution is 7.91. The van der Waals surface area contributed by atoms with Crippen LogP contribution in [-0.2, 0) is 9.84 Å². The Labute approximate surface area is 55.4 Å². The first-order valence-corrected chi connectivity index (χ1v) is 4.90. The highest BCUT2D eigenvalue weighted by Crippen LogP contribution is 2.01. The second kappa shape index (κ2) is 2.27. The lowest BCUT2D eigenvalue weighted by Crippen LogP contribution is -2.14. The molecule has 3 nitrogen and oxygen atoms in total. The highest BCUT2D eigenvalue weighted by atomic mass is 32.2. The van der Waals surface area contributed by atoms with Crippen LogP contribution in [0.1, 0.15) is 6.92 Å². The van der Waals surface area contributed by atoms with Crippen LogP contribution in [0.25, 0.3) is 0 Å². The van der Waals surface area contributed by atoms with Crippen LogP contribution < -0.4 is 5.32 Å². The molecule has 1 rings (SSSR count). The Morgan fingerprint density at radius 1 is 1.67 bits per heavy atom. The van der Waals surface area contributed by atoms with Gasteiger partial charge in [0.15, 0.2) is 9.84 Å². The van der Waals surface area contributed by atoms with E-state index in [1.54, 1.807) is 6.92 Å². The van der Waals surface area contributed by atoms with Crippen LogP contribution in [0.3, 0.4) is 0 Å². The Bertz CT molecular complexity index is 181. The molecule has 1 aliphatic rings. The second-order valence-corrected chi connectivity index (χ2v) is 4.70. The number of hydrogen-bond donors (Lipinski definition) is 1. The molecule has 1 saturated heterocycles. The van der Waals surface area contributed by atoms with Gasteiger partial charge >= 0.3 is 0 Å². The molecular weight excluding hydrogens is 138 g/mol. The Kier molecular flexibility index (Phi) is 1.77. The zero-order chi connectivity index (χ0) is 6.91. The fourth-order valence-electron chi connectivity index (χ4n) is 0.626. The minimum Gasteiger partial charge on any atom is -0.310 e. The lowest BCUT2D eigenvalue weighted by molar-refractivity contribution is 0.596. The molecule has 0 amide bonds. The van der Waals surface area contributed by atoms with Crippen molar-refractivity contribution >= 4 is 9.84 Å². The van der Waals surface area contributed by atoms with Crippen LogP contribution in [0.15, 0.2) is 0 Å². The van der Waals surface area contributed by atoms with Gasteiger partial charge in [-0.05, 0) is 0 Å². The summed E-state index contributed by atoms with van der Waals surface area (Å²) < 4.78 is 21.6. The lowest BCUT2D eigenvalue weighted by Gasteiger charge is -1.94. The third-order valence-electron chi connectivity index (χ3n) is 1.39. The summed E-state index contributed by atoms with van der Waals surface area (Å²) in [7, 11) is -2.72. The summed E-state index contributed by atoms with van der Waals surface area (Å²) in [4.78, 5) is 0. The summed E-state index contributed by atoms with van der Waals surface area (Å²) in [5.74, 6) is 0.592. The average Bonchev–Trinajstić information content (AvgIpc) is 2.50. The van der Waals surface area contributed by atoms with Gasteiger partial charge < -0.3 is 5.32 Å². The maximum absolute atomic E-state index is 10.8. The Morgan fingerprint density at radius 3 is 2.56 bits per heavy atom. The van der Waals surface area contributed by atoms with Gasteiger partial charge in [-0.15, -0.1) is 0 Å². The van der Waals surface area contributed by atoms with Crippen LogP contribution in [0.5, 0.6) is 0 Å². The Hall–Kier alpha value is -0.0900. The quantitative estimate of drug-likeness (QED) is 0.545. The van der Waals surface area contributed by atoms with E-state index in [9.17, 15) is 8.42 Å². The summed E-state index contributed by atoms with van der Waals surface area (Å²) in [6.45, 7) is 2.55. The van der Waals surface area contributed by atoms with Gasteiger partial charge in [-0.3, -0.25) is 0 Å². The maximum atomic E-state index is 10.8. The molecule has 1 aliphatic heterocycles. The van der Waals surface area contributed by atoms with Crippen molar-refractivity contribution in [3.8, 4) is 0 Å². The first-order valence-electron chi connectivity index (χ1n) is 3.08. The van der Waals surface area contributed by atoms with Crippen LogP contribution in [-0.4, -0.2) is 32.5 Å².